The number of piperazine rings is 1. The highest BCUT2D eigenvalue weighted by atomic mass is 16.2. The van der Waals surface area contributed by atoms with Gasteiger partial charge < -0.3 is 15.1 Å². The van der Waals surface area contributed by atoms with Crippen LogP contribution in [0.4, 0.5) is 5.69 Å². The SMILES string of the molecule is Cc1ccncc1N1CCN(C(=O)CC2CCCC(=O)N2)CC1. The molecule has 2 amide bonds. The maximum absolute atomic E-state index is 12.4. The van der Waals surface area contributed by atoms with Gasteiger partial charge in [-0.25, -0.2) is 0 Å². The lowest BCUT2D eigenvalue weighted by Gasteiger charge is -2.37. The molecule has 6 nitrogen and oxygen atoms in total. The van der Waals surface area contributed by atoms with Crippen LogP contribution in [-0.2, 0) is 9.59 Å². The van der Waals surface area contributed by atoms with Gasteiger partial charge in [-0.2, -0.15) is 0 Å². The summed E-state index contributed by atoms with van der Waals surface area (Å²) in [6.45, 7) is 5.20. The Balaban J connectivity index is 1.51. The van der Waals surface area contributed by atoms with Crippen LogP contribution < -0.4 is 10.2 Å². The Morgan fingerprint density at radius 3 is 2.83 bits per heavy atom. The summed E-state index contributed by atoms with van der Waals surface area (Å²) in [4.78, 5) is 32.2. The third-order valence-corrected chi connectivity index (χ3v) is 4.73. The summed E-state index contributed by atoms with van der Waals surface area (Å²) in [6, 6.07) is 2.03. The molecule has 3 rings (SSSR count). The van der Waals surface area contributed by atoms with Gasteiger partial charge in [-0.1, -0.05) is 0 Å². The zero-order valence-corrected chi connectivity index (χ0v) is 13.6. The Bertz CT molecular complexity index is 582. The van der Waals surface area contributed by atoms with Gasteiger partial charge in [-0.05, 0) is 31.4 Å². The fourth-order valence-electron chi connectivity index (χ4n) is 3.36. The second kappa shape index (κ2) is 6.98. The number of amides is 2. The summed E-state index contributed by atoms with van der Waals surface area (Å²) >= 11 is 0. The quantitative estimate of drug-likeness (QED) is 0.907. The van der Waals surface area contributed by atoms with E-state index in [1.54, 1.807) is 6.20 Å². The van der Waals surface area contributed by atoms with Crippen LogP contribution in [0.15, 0.2) is 18.5 Å². The minimum atomic E-state index is 0.0161. The molecule has 2 fully saturated rings. The normalized spacial score (nSPS) is 22.0. The number of nitrogens with one attached hydrogen (secondary N) is 1. The molecule has 124 valence electrons. The number of carbonyl (C=O) groups excluding carboxylic acids is 2. The summed E-state index contributed by atoms with van der Waals surface area (Å²) < 4.78 is 0. The van der Waals surface area contributed by atoms with Crippen molar-refractivity contribution in [2.75, 3.05) is 31.1 Å². The minimum Gasteiger partial charge on any atom is -0.367 e. The molecule has 3 heterocycles. The molecule has 0 saturated carbocycles. The third kappa shape index (κ3) is 3.81. The lowest BCUT2D eigenvalue weighted by Crippen LogP contribution is -2.51. The average molecular weight is 316 g/mol. The number of hydrogen-bond donors (Lipinski definition) is 1. The van der Waals surface area contributed by atoms with Crippen LogP contribution in [0.5, 0.6) is 0 Å². The molecule has 0 bridgehead atoms. The van der Waals surface area contributed by atoms with E-state index in [9.17, 15) is 9.59 Å². The second-order valence-electron chi connectivity index (χ2n) is 6.39. The van der Waals surface area contributed by atoms with E-state index in [0.717, 1.165) is 44.7 Å². The van der Waals surface area contributed by atoms with Crippen molar-refractivity contribution in [1.82, 2.24) is 15.2 Å². The van der Waals surface area contributed by atoms with E-state index in [0.29, 0.717) is 12.8 Å². The Hall–Kier alpha value is -2.11. The Morgan fingerprint density at radius 2 is 2.13 bits per heavy atom. The molecule has 2 aliphatic heterocycles. The van der Waals surface area contributed by atoms with Crippen LogP contribution in [0, 0.1) is 6.92 Å². The van der Waals surface area contributed by atoms with Crippen LogP contribution in [0.25, 0.3) is 0 Å². The second-order valence-corrected chi connectivity index (χ2v) is 6.39. The molecule has 6 heteroatoms. The van der Waals surface area contributed by atoms with Crippen molar-refractivity contribution in [3.63, 3.8) is 0 Å². The monoisotopic (exact) mass is 316 g/mol. The maximum atomic E-state index is 12.4. The minimum absolute atomic E-state index is 0.0161. The molecular weight excluding hydrogens is 292 g/mol. The molecule has 0 spiro atoms. The number of aryl methyl sites for hydroxylation is 1. The maximum Gasteiger partial charge on any atom is 0.224 e. The van der Waals surface area contributed by atoms with Gasteiger partial charge in [0.2, 0.25) is 11.8 Å². The number of carbonyl (C=O) groups is 2. The highest BCUT2D eigenvalue weighted by Crippen LogP contribution is 2.20. The fraction of sp³-hybridized carbons (Fsp3) is 0.588. The van der Waals surface area contributed by atoms with Gasteiger partial charge in [0.15, 0.2) is 0 Å². The van der Waals surface area contributed by atoms with Crippen LogP contribution in [0.1, 0.15) is 31.2 Å². The summed E-state index contributed by atoms with van der Waals surface area (Å²) in [5, 5.41) is 2.92. The van der Waals surface area contributed by atoms with E-state index in [2.05, 4.69) is 22.1 Å². The van der Waals surface area contributed by atoms with Crippen molar-refractivity contribution in [3.8, 4) is 0 Å². The smallest absolute Gasteiger partial charge is 0.224 e. The number of anilines is 1. The van der Waals surface area contributed by atoms with Crippen LogP contribution in [-0.4, -0.2) is 53.9 Å². The van der Waals surface area contributed by atoms with E-state index in [4.69, 9.17) is 0 Å². The first-order valence-electron chi connectivity index (χ1n) is 8.36. The summed E-state index contributed by atoms with van der Waals surface area (Å²) in [6.07, 6.45) is 6.51. The van der Waals surface area contributed by atoms with E-state index >= 15 is 0 Å². The lowest BCUT2D eigenvalue weighted by molar-refractivity contribution is -0.132. The highest BCUT2D eigenvalue weighted by molar-refractivity contribution is 5.80. The fourth-order valence-corrected chi connectivity index (χ4v) is 3.36. The van der Waals surface area contributed by atoms with Crippen molar-refractivity contribution in [2.45, 2.75) is 38.6 Å². The number of pyridine rings is 1. The number of nitrogens with zero attached hydrogens (tertiary/aromatic N) is 3. The van der Waals surface area contributed by atoms with Crippen molar-refractivity contribution in [1.29, 1.82) is 0 Å². The Labute approximate surface area is 136 Å². The molecule has 2 aliphatic rings. The molecule has 1 atom stereocenters. The molecule has 1 aromatic rings. The zero-order chi connectivity index (χ0) is 16.2. The largest absolute Gasteiger partial charge is 0.367 e. The van der Waals surface area contributed by atoms with E-state index < -0.39 is 0 Å². The summed E-state index contributed by atoms with van der Waals surface area (Å²) in [5.41, 5.74) is 2.36. The van der Waals surface area contributed by atoms with Gasteiger partial charge in [-0.15, -0.1) is 0 Å². The van der Waals surface area contributed by atoms with Gasteiger partial charge >= 0.3 is 0 Å². The first kappa shape index (κ1) is 15.8. The van der Waals surface area contributed by atoms with Gasteiger partial charge in [0.05, 0.1) is 11.9 Å². The highest BCUT2D eigenvalue weighted by Gasteiger charge is 2.26. The van der Waals surface area contributed by atoms with E-state index in [1.807, 2.05) is 17.2 Å². The molecule has 0 aliphatic carbocycles. The van der Waals surface area contributed by atoms with Crippen molar-refractivity contribution >= 4 is 17.5 Å². The van der Waals surface area contributed by atoms with Gasteiger partial charge in [-0.3, -0.25) is 14.6 Å². The standard InChI is InChI=1S/C17H24N4O2/c1-13-5-6-18-12-15(13)20-7-9-21(10-8-20)17(23)11-14-3-2-4-16(22)19-14/h5-6,12,14H,2-4,7-11H2,1H3,(H,19,22). The molecule has 1 unspecified atom stereocenters. The van der Waals surface area contributed by atoms with Gasteiger partial charge in [0.25, 0.3) is 0 Å². The summed E-state index contributed by atoms with van der Waals surface area (Å²) in [7, 11) is 0. The van der Waals surface area contributed by atoms with Crippen molar-refractivity contribution in [2.24, 2.45) is 0 Å². The molecular formula is C17H24N4O2. The Kier molecular flexibility index (Phi) is 4.79. The molecule has 0 radical (unpaired) electrons. The number of hydrogen-bond acceptors (Lipinski definition) is 4. The van der Waals surface area contributed by atoms with Gasteiger partial charge in [0.1, 0.15) is 0 Å². The van der Waals surface area contributed by atoms with Crippen molar-refractivity contribution < 1.29 is 9.59 Å². The van der Waals surface area contributed by atoms with Crippen LogP contribution in [0.3, 0.4) is 0 Å². The molecule has 1 aromatic heterocycles. The number of piperidine rings is 1. The first-order valence-corrected chi connectivity index (χ1v) is 8.36. The van der Waals surface area contributed by atoms with E-state index in [1.165, 1.54) is 5.56 Å². The molecule has 23 heavy (non-hydrogen) atoms. The topological polar surface area (TPSA) is 65.5 Å². The third-order valence-electron chi connectivity index (χ3n) is 4.73. The van der Waals surface area contributed by atoms with Gasteiger partial charge in [0, 0.05) is 51.3 Å². The predicted octanol–water partition coefficient (Wildman–Crippen LogP) is 1.10. The predicted molar refractivity (Wildman–Crippen MR) is 88.2 cm³/mol. The van der Waals surface area contributed by atoms with Crippen molar-refractivity contribution in [3.05, 3.63) is 24.0 Å². The van der Waals surface area contributed by atoms with Crippen LogP contribution >= 0.6 is 0 Å². The molecule has 1 N–H and O–H groups in total. The molecule has 2 saturated heterocycles. The molecule has 0 aromatic carbocycles. The van der Waals surface area contributed by atoms with Crippen LogP contribution in [0.2, 0.25) is 0 Å². The average Bonchev–Trinajstić information content (AvgIpc) is 2.55. The lowest BCUT2D eigenvalue weighted by atomic mass is 10.0. The summed E-state index contributed by atoms with van der Waals surface area (Å²) in [5.74, 6) is 0.227. The van der Waals surface area contributed by atoms with E-state index in [-0.39, 0.29) is 17.9 Å². The zero-order valence-electron chi connectivity index (χ0n) is 13.6. The Morgan fingerprint density at radius 1 is 1.35 bits per heavy atom. The first-order chi connectivity index (χ1) is 11.1. The number of rotatable bonds is 3. The number of aromatic nitrogens is 1.